The molecule has 0 bridgehead atoms. The molecular weight excluding hydrogens is 250 g/mol. The zero-order valence-corrected chi connectivity index (χ0v) is 12.4. The van der Waals surface area contributed by atoms with Gasteiger partial charge in [0.1, 0.15) is 12.4 Å². The molecule has 2 aliphatic rings. The van der Waals surface area contributed by atoms with Crippen LogP contribution in [0.5, 0.6) is 5.75 Å². The van der Waals surface area contributed by atoms with Crippen molar-refractivity contribution in [1.82, 2.24) is 9.80 Å². The Labute approximate surface area is 121 Å². The summed E-state index contributed by atoms with van der Waals surface area (Å²) in [4.78, 5) is 5.10. The van der Waals surface area contributed by atoms with Crippen molar-refractivity contribution in [1.29, 1.82) is 0 Å². The van der Waals surface area contributed by atoms with E-state index in [9.17, 15) is 0 Å². The quantitative estimate of drug-likeness (QED) is 0.904. The standard InChI is InChI=1S/C16H25N3O/c1-2-18-8-10-19(11-9-18)7-5-14-3-4-16-15(13-14)17-6-12-20-16/h3-4,13,17H,2,5-12H2,1H3. The van der Waals surface area contributed by atoms with Crippen LogP contribution in [-0.2, 0) is 6.42 Å². The molecule has 0 radical (unpaired) electrons. The third kappa shape index (κ3) is 3.25. The van der Waals surface area contributed by atoms with Gasteiger partial charge >= 0.3 is 0 Å². The third-order valence-electron chi connectivity index (χ3n) is 4.35. The van der Waals surface area contributed by atoms with E-state index in [-0.39, 0.29) is 0 Å². The molecule has 1 saturated heterocycles. The topological polar surface area (TPSA) is 27.7 Å². The molecule has 0 atom stereocenters. The van der Waals surface area contributed by atoms with E-state index in [4.69, 9.17) is 4.74 Å². The molecule has 1 aromatic carbocycles. The first-order valence-corrected chi connectivity index (χ1v) is 7.79. The van der Waals surface area contributed by atoms with E-state index in [1.165, 1.54) is 38.3 Å². The lowest BCUT2D eigenvalue weighted by Gasteiger charge is -2.34. The van der Waals surface area contributed by atoms with Crippen LogP contribution >= 0.6 is 0 Å². The molecule has 110 valence electrons. The Morgan fingerprint density at radius 1 is 1.15 bits per heavy atom. The van der Waals surface area contributed by atoms with E-state index >= 15 is 0 Å². The summed E-state index contributed by atoms with van der Waals surface area (Å²) in [6.07, 6.45) is 1.13. The fraction of sp³-hybridized carbons (Fsp3) is 0.625. The maximum atomic E-state index is 5.62. The van der Waals surface area contributed by atoms with E-state index in [1.807, 2.05) is 0 Å². The Bertz CT molecular complexity index is 441. The minimum absolute atomic E-state index is 0.772. The van der Waals surface area contributed by atoms with Crippen molar-refractivity contribution in [2.75, 3.05) is 57.7 Å². The molecule has 3 rings (SSSR count). The number of anilines is 1. The van der Waals surface area contributed by atoms with Crippen molar-refractivity contribution >= 4 is 5.69 Å². The van der Waals surface area contributed by atoms with Crippen LogP contribution in [0.25, 0.3) is 0 Å². The van der Waals surface area contributed by atoms with Gasteiger partial charge < -0.3 is 19.9 Å². The smallest absolute Gasteiger partial charge is 0.142 e. The first kappa shape index (κ1) is 13.7. The number of piperazine rings is 1. The summed E-state index contributed by atoms with van der Waals surface area (Å²) in [5.41, 5.74) is 2.56. The summed E-state index contributed by atoms with van der Waals surface area (Å²) in [6, 6.07) is 6.55. The highest BCUT2D eigenvalue weighted by Gasteiger charge is 2.15. The highest BCUT2D eigenvalue weighted by Crippen LogP contribution is 2.28. The first-order valence-electron chi connectivity index (χ1n) is 7.79. The number of fused-ring (bicyclic) bond motifs is 1. The average Bonchev–Trinajstić information content (AvgIpc) is 2.53. The summed E-state index contributed by atoms with van der Waals surface area (Å²) >= 11 is 0. The van der Waals surface area contributed by atoms with Gasteiger partial charge in [0.2, 0.25) is 0 Å². The molecule has 20 heavy (non-hydrogen) atoms. The average molecular weight is 275 g/mol. The monoisotopic (exact) mass is 275 g/mol. The largest absolute Gasteiger partial charge is 0.490 e. The van der Waals surface area contributed by atoms with Crippen LogP contribution in [0, 0.1) is 0 Å². The minimum atomic E-state index is 0.772. The van der Waals surface area contributed by atoms with Gasteiger partial charge in [0.05, 0.1) is 5.69 Å². The highest BCUT2D eigenvalue weighted by atomic mass is 16.5. The van der Waals surface area contributed by atoms with Crippen molar-refractivity contribution in [2.24, 2.45) is 0 Å². The molecule has 0 unspecified atom stereocenters. The van der Waals surface area contributed by atoms with Gasteiger partial charge in [-0.1, -0.05) is 13.0 Å². The number of hydrogen-bond acceptors (Lipinski definition) is 4. The maximum Gasteiger partial charge on any atom is 0.142 e. The summed E-state index contributed by atoms with van der Waals surface area (Å²) in [5, 5.41) is 3.41. The number of nitrogens with zero attached hydrogens (tertiary/aromatic N) is 2. The number of ether oxygens (including phenoxy) is 1. The molecule has 1 N–H and O–H groups in total. The van der Waals surface area contributed by atoms with Crippen molar-refractivity contribution < 1.29 is 4.74 Å². The Morgan fingerprint density at radius 3 is 2.75 bits per heavy atom. The molecule has 4 heteroatoms. The van der Waals surface area contributed by atoms with Gasteiger partial charge in [-0.25, -0.2) is 0 Å². The zero-order valence-electron chi connectivity index (χ0n) is 12.4. The van der Waals surface area contributed by atoms with E-state index in [2.05, 4.69) is 40.2 Å². The van der Waals surface area contributed by atoms with Gasteiger partial charge in [-0.05, 0) is 30.7 Å². The van der Waals surface area contributed by atoms with Gasteiger partial charge in [0.25, 0.3) is 0 Å². The molecule has 0 aromatic heterocycles. The van der Waals surface area contributed by atoms with Crippen LogP contribution in [0.4, 0.5) is 5.69 Å². The van der Waals surface area contributed by atoms with Crippen LogP contribution in [0.3, 0.4) is 0 Å². The zero-order chi connectivity index (χ0) is 13.8. The first-order chi connectivity index (χ1) is 9.85. The summed E-state index contributed by atoms with van der Waals surface area (Å²) in [5.74, 6) is 0.997. The van der Waals surface area contributed by atoms with Gasteiger partial charge in [-0.3, -0.25) is 0 Å². The molecule has 2 heterocycles. The van der Waals surface area contributed by atoms with Crippen LogP contribution in [0.2, 0.25) is 0 Å². The van der Waals surface area contributed by atoms with Gasteiger partial charge in [0.15, 0.2) is 0 Å². The SMILES string of the molecule is CCN1CCN(CCc2ccc3c(c2)NCCO3)CC1. The second-order valence-corrected chi connectivity index (χ2v) is 5.63. The van der Waals surface area contributed by atoms with Crippen molar-refractivity contribution in [3.8, 4) is 5.75 Å². The van der Waals surface area contributed by atoms with Crippen LogP contribution in [-0.4, -0.2) is 62.2 Å². The lowest BCUT2D eigenvalue weighted by molar-refractivity contribution is 0.138. The Morgan fingerprint density at radius 2 is 1.95 bits per heavy atom. The molecular formula is C16H25N3O. The molecule has 0 spiro atoms. The van der Waals surface area contributed by atoms with Gasteiger partial charge in [-0.15, -0.1) is 0 Å². The predicted molar refractivity (Wildman–Crippen MR) is 82.7 cm³/mol. The van der Waals surface area contributed by atoms with Crippen LogP contribution in [0.1, 0.15) is 12.5 Å². The normalized spacial score (nSPS) is 20.1. The summed E-state index contributed by atoms with van der Waals surface area (Å²) in [7, 11) is 0. The highest BCUT2D eigenvalue weighted by molar-refractivity contribution is 5.59. The Kier molecular flexibility index (Phi) is 4.43. The van der Waals surface area contributed by atoms with Crippen molar-refractivity contribution in [2.45, 2.75) is 13.3 Å². The Hall–Kier alpha value is -1.26. The number of benzene rings is 1. The minimum Gasteiger partial charge on any atom is -0.490 e. The number of rotatable bonds is 4. The van der Waals surface area contributed by atoms with Crippen molar-refractivity contribution in [3.05, 3.63) is 23.8 Å². The lowest BCUT2D eigenvalue weighted by atomic mass is 10.1. The second kappa shape index (κ2) is 6.46. The summed E-state index contributed by atoms with van der Waals surface area (Å²) in [6.45, 7) is 11.1. The fourth-order valence-corrected chi connectivity index (χ4v) is 2.96. The summed E-state index contributed by atoms with van der Waals surface area (Å²) < 4.78 is 5.62. The number of hydrogen-bond donors (Lipinski definition) is 1. The van der Waals surface area contributed by atoms with E-state index in [0.29, 0.717) is 0 Å². The second-order valence-electron chi connectivity index (χ2n) is 5.63. The molecule has 0 saturated carbocycles. The Balaban J connectivity index is 1.51. The number of likely N-dealkylation sites (N-methyl/N-ethyl adjacent to an activating group) is 1. The van der Waals surface area contributed by atoms with Crippen LogP contribution < -0.4 is 10.1 Å². The van der Waals surface area contributed by atoms with E-state index in [1.54, 1.807) is 0 Å². The molecule has 0 amide bonds. The van der Waals surface area contributed by atoms with E-state index in [0.717, 1.165) is 37.6 Å². The lowest BCUT2D eigenvalue weighted by Crippen LogP contribution is -2.46. The molecule has 1 aromatic rings. The van der Waals surface area contributed by atoms with E-state index < -0.39 is 0 Å². The molecule has 1 fully saturated rings. The van der Waals surface area contributed by atoms with Crippen molar-refractivity contribution in [3.63, 3.8) is 0 Å². The predicted octanol–water partition coefficient (Wildman–Crippen LogP) is 1.67. The van der Waals surface area contributed by atoms with Gasteiger partial charge in [-0.2, -0.15) is 0 Å². The molecule has 0 aliphatic carbocycles. The third-order valence-corrected chi connectivity index (χ3v) is 4.35. The van der Waals surface area contributed by atoms with Crippen LogP contribution in [0.15, 0.2) is 18.2 Å². The number of nitrogens with one attached hydrogen (secondary N) is 1. The van der Waals surface area contributed by atoms with Gasteiger partial charge in [0, 0.05) is 39.3 Å². The maximum absolute atomic E-state index is 5.62. The molecule has 2 aliphatic heterocycles. The fourth-order valence-electron chi connectivity index (χ4n) is 2.96. The molecule has 4 nitrogen and oxygen atoms in total.